The minimum Gasteiger partial charge on any atom is -0.598 e. The van der Waals surface area contributed by atoms with Crippen molar-refractivity contribution >= 4 is 11.4 Å². The molecule has 7 heteroatoms. The Morgan fingerprint density at radius 3 is 2.61 bits per heavy atom. The molecule has 0 bridgehead atoms. The average molecular weight is 347 g/mol. The summed E-state index contributed by atoms with van der Waals surface area (Å²) in [4.78, 5) is 0. The molecule has 130 valence electrons. The summed E-state index contributed by atoms with van der Waals surface area (Å²) >= 11 is -1.30. The van der Waals surface area contributed by atoms with Gasteiger partial charge in [0.05, 0.1) is 12.7 Å². The maximum absolute atomic E-state index is 12.4. The van der Waals surface area contributed by atoms with Crippen LogP contribution in [-0.2, 0) is 16.1 Å². The Kier molecular flexibility index (Phi) is 6.25. The van der Waals surface area contributed by atoms with Crippen molar-refractivity contribution < 1.29 is 22.8 Å². The van der Waals surface area contributed by atoms with Crippen LogP contribution in [0.25, 0.3) is 0 Å². The first kappa shape index (κ1) is 18.4. The smallest absolute Gasteiger partial charge is 0.387 e. The molecule has 0 heterocycles. The molecule has 1 aromatic carbocycles. The molecule has 1 N–H and O–H groups in total. The number of hydrogen-bond acceptors (Lipinski definition) is 4. The van der Waals surface area contributed by atoms with E-state index in [1.807, 2.05) is 20.8 Å². The molecule has 4 nitrogen and oxygen atoms in total. The van der Waals surface area contributed by atoms with Gasteiger partial charge in [-0.25, -0.2) is 0 Å². The molecule has 0 aliphatic heterocycles. The molecule has 0 amide bonds. The second kappa shape index (κ2) is 7.79. The van der Waals surface area contributed by atoms with Crippen molar-refractivity contribution in [3.05, 3.63) is 29.8 Å². The summed E-state index contributed by atoms with van der Waals surface area (Å²) in [5.74, 6) is 0.0808. The van der Waals surface area contributed by atoms with Crippen LogP contribution in [0.3, 0.4) is 0 Å². The molecule has 2 atom stereocenters. The maximum atomic E-state index is 12.4. The average Bonchev–Trinajstić information content (AvgIpc) is 3.25. The van der Waals surface area contributed by atoms with Crippen LogP contribution in [0.2, 0.25) is 0 Å². The SMILES string of the molecule is CC(C)(C)[S+]([O-])N[C@@H](COC1CC1)c1cccc(OC(F)F)c1. The molecule has 23 heavy (non-hydrogen) atoms. The highest BCUT2D eigenvalue weighted by molar-refractivity contribution is 7.90. The molecule has 1 fully saturated rings. The van der Waals surface area contributed by atoms with Crippen LogP contribution < -0.4 is 9.46 Å². The Balaban J connectivity index is 2.11. The molecule has 1 aromatic rings. The van der Waals surface area contributed by atoms with E-state index in [-0.39, 0.29) is 17.9 Å². The van der Waals surface area contributed by atoms with E-state index in [4.69, 9.17) is 4.74 Å². The number of rotatable bonds is 8. The Labute approximate surface area is 138 Å². The van der Waals surface area contributed by atoms with Gasteiger partial charge in [-0.1, -0.05) is 12.1 Å². The highest BCUT2D eigenvalue weighted by Crippen LogP contribution is 2.28. The maximum Gasteiger partial charge on any atom is 0.387 e. The predicted octanol–water partition coefficient (Wildman–Crippen LogP) is 3.56. The number of benzene rings is 1. The topological polar surface area (TPSA) is 53.5 Å². The van der Waals surface area contributed by atoms with Gasteiger partial charge in [0.15, 0.2) is 0 Å². The fraction of sp³-hybridized carbons (Fsp3) is 0.625. The quantitative estimate of drug-likeness (QED) is 0.731. The fourth-order valence-corrected chi connectivity index (χ4v) is 2.69. The molecule has 0 radical (unpaired) electrons. The van der Waals surface area contributed by atoms with Crippen molar-refractivity contribution in [2.45, 2.75) is 57.1 Å². The predicted molar refractivity (Wildman–Crippen MR) is 85.8 cm³/mol. The van der Waals surface area contributed by atoms with Crippen LogP contribution in [0.5, 0.6) is 5.75 Å². The van der Waals surface area contributed by atoms with E-state index in [1.165, 1.54) is 12.1 Å². The molecule has 0 aromatic heterocycles. The third kappa shape index (κ3) is 6.25. The van der Waals surface area contributed by atoms with Gasteiger partial charge in [0, 0.05) is 11.4 Å². The van der Waals surface area contributed by atoms with Crippen molar-refractivity contribution in [3.8, 4) is 5.75 Å². The van der Waals surface area contributed by atoms with Crippen molar-refractivity contribution in [2.75, 3.05) is 6.61 Å². The summed E-state index contributed by atoms with van der Waals surface area (Å²) in [5, 5.41) is 0. The lowest BCUT2D eigenvalue weighted by Gasteiger charge is -2.28. The summed E-state index contributed by atoms with van der Waals surface area (Å²) in [5.41, 5.74) is 0.710. The molecule has 0 saturated heterocycles. The zero-order valence-corrected chi connectivity index (χ0v) is 14.4. The Bertz CT molecular complexity index is 506. The molecule has 0 spiro atoms. The van der Waals surface area contributed by atoms with Crippen molar-refractivity contribution in [1.82, 2.24) is 4.72 Å². The molecule has 1 saturated carbocycles. The third-order valence-corrected chi connectivity index (χ3v) is 4.93. The lowest BCUT2D eigenvalue weighted by molar-refractivity contribution is -0.0499. The monoisotopic (exact) mass is 347 g/mol. The minimum absolute atomic E-state index is 0.0808. The number of ether oxygens (including phenoxy) is 2. The summed E-state index contributed by atoms with van der Waals surface area (Å²) in [6.07, 6.45) is 2.32. The van der Waals surface area contributed by atoms with Gasteiger partial charge in [-0.05, 0) is 51.3 Å². The Morgan fingerprint density at radius 1 is 1.35 bits per heavy atom. The van der Waals surface area contributed by atoms with Gasteiger partial charge in [0.25, 0.3) is 0 Å². The first-order valence-corrected chi connectivity index (χ1v) is 8.75. The van der Waals surface area contributed by atoms with Gasteiger partial charge >= 0.3 is 6.61 Å². The van der Waals surface area contributed by atoms with Crippen LogP contribution in [0, 0.1) is 0 Å². The van der Waals surface area contributed by atoms with Gasteiger partial charge in [-0.2, -0.15) is 8.78 Å². The van der Waals surface area contributed by atoms with Crippen LogP contribution in [-0.4, -0.2) is 28.6 Å². The summed E-state index contributed by atoms with van der Waals surface area (Å²) in [6.45, 7) is 3.06. The van der Waals surface area contributed by atoms with E-state index >= 15 is 0 Å². The van der Waals surface area contributed by atoms with Crippen LogP contribution in [0.4, 0.5) is 8.78 Å². The highest BCUT2D eigenvalue weighted by Gasteiger charge is 2.31. The normalized spacial score (nSPS) is 18.0. The molecular formula is C16H23F2NO3S. The van der Waals surface area contributed by atoms with Gasteiger partial charge in [-0.3, -0.25) is 0 Å². The van der Waals surface area contributed by atoms with Gasteiger partial charge in [0.2, 0.25) is 0 Å². The van der Waals surface area contributed by atoms with E-state index in [0.717, 1.165) is 12.8 Å². The zero-order valence-electron chi connectivity index (χ0n) is 13.6. The standard InChI is InChI=1S/C16H23F2NO3S/c1-16(2,3)23(20)19-14(10-21-12-7-8-12)11-5-4-6-13(9-11)22-15(17)18/h4-6,9,12,14-15,19H,7-8,10H2,1-3H3/t14-,23?/m0/s1. The van der Waals surface area contributed by atoms with Crippen LogP contribution >= 0.6 is 0 Å². The molecule has 1 unspecified atom stereocenters. The minimum atomic E-state index is -2.87. The summed E-state index contributed by atoms with van der Waals surface area (Å²) in [7, 11) is 0. The first-order valence-electron chi connectivity index (χ1n) is 7.60. The van der Waals surface area contributed by atoms with E-state index in [9.17, 15) is 13.3 Å². The first-order chi connectivity index (χ1) is 10.8. The number of alkyl halides is 2. The molecule has 1 aliphatic rings. The van der Waals surface area contributed by atoms with Gasteiger partial charge in [-0.15, -0.1) is 4.72 Å². The van der Waals surface area contributed by atoms with E-state index in [2.05, 4.69) is 9.46 Å². The molecular weight excluding hydrogens is 324 g/mol. The van der Waals surface area contributed by atoms with E-state index < -0.39 is 22.7 Å². The number of hydrogen-bond donors (Lipinski definition) is 1. The second-order valence-corrected chi connectivity index (χ2v) is 8.53. The fourth-order valence-electron chi connectivity index (χ4n) is 1.88. The highest BCUT2D eigenvalue weighted by atomic mass is 32.2. The Morgan fingerprint density at radius 2 is 2.04 bits per heavy atom. The lowest BCUT2D eigenvalue weighted by Crippen LogP contribution is -2.42. The van der Waals surface area contributed by atoms with Gasteiger partial charge in [0.1, 0.15) is 16.5 Å². The summed E-state index contributed by atoms with van der Waals surface area (Å²) < 4.78 is 49.9. The van der Waals surface area contributed by atoms with Crippen molar-refractivity contribution in [2.24, 2.45) is 0 Å². The number of halogens is 2. The van der Waals surface area contributed by atoms with E-state index in [1.54, 1.807) is 12.1 Å². The largest absolute Gasteiger partial charge is 0.598 e. The van der Waals surface area contributed by atoms with Crippen molar-refractivity contribution in [3.63, 3.8) is 0 Å². The summed E-state index contributed by atoms with van der Waals surface area (Å²) in [6, 6.07) is 6.07. The second-order valence-electron chi connectivity index (χ2n) is 6.54. The van der Waals surface area contributed by atoms with Crippen molar-refractivity contribution in [1.29, 1.82) is 0 Å². The molecule has 1 aliphatic carbocycles. The van der Waals surface area contributed by atoms with Gasteiger partial charge < -0.3 is 14.0 Å². The molecule has 2 rings (SSSR count). The van der Waals surface area contributed by atoms with Crippen LogP contribution in [0.1, 0.15) is 45.2 Å². The zero-order chi connectivity index (χ0) is 17.0. The van der Waals surface area contributed by atoms with E-state index in [0.29, 0.717) is 12.2 Å². The third-order valence-electron chi connectivity index (χ3n) is 3.31. The Hall–Kier alpha value is -0.890. The lowest BCUT2D eigenvalue weighted by atomic mass is 10.1. The van der Waals surface area contributed by atoms with Crippen LogP contribution in [0.15, 0.2) is 24.3 Å². The number of nitrogens with one attached hydrogen (secondary N) is 1.